The predicted molar refractivity (Wildman–Crippen MR) is 113 cm³/mol. The molecule has 3 N–H and O–H groups in total. The molecule has 1 heterocycles. The number of benzene rings is 1. The van der Waals surface area contributed by atoms with E-state index in [1.54, 1.807) is 31.2 Å². The quantitative estimate of drug-likeness (QED) is 0.490. The number of alkyl halides is 3. The lowest BCUT2D eigenvalue weighted by Crippen LogP contribution is -2.55. The van der Waals surface area contributed by atoms with Crippen molar-refractivity contribution in [3.8, 4) is 11.3 Å². The molecule has 0 saturated heterocycles. The lowest BCUT2D eigenvalue weighted by Gasteiger charge is -2.30. The smallest absolute Gasteiger partial charge is 0.389 e. The normalized spacial score (nSPS) is 12.1. The maximum atomic E-state index is 12.8. The van der Waals surface area contributed by atoms with E-state index >= 15 is 0 Å². The van der Waals surface area contributed by atoms with Crippen LogP contribution in [0, 0.1) is 0 Å². The third-order valence-electron chi connectivity index (χ3n) is 5.08. The van der Waals surface area contributed by atoms with E-state index in [0.717, 1.165) is 4.57 Å². The molecule has 0 aliphatic rings. The van der Waals surface area contributed by atoms with E-state index in [-0.39, 0.29) is 30.8 Å². The molecule has 1 amide bonds. The summed E-state index contributed by atoms with van der Waals surface area (Å²) in [5.41, 5.74) is -1.09. The molecule has 32 heavy (non-hydrogen) atoms. The van der Waals surface area contributed by atoms with Crippen molar-refractivity contribution in [1.29, 1.82) is 0 Å². The Hall–Kier alpha value is -2.43. The molecule has 1 aromatic carbocycles. The van der Waals surface area contributed by atoms with E-state index in [0.29, 0.717) is 10.6 Å². The Labute approximate surface area is 187 Å². The molecule has 0 saturated carbocycles. The molecule has 2 rings (SSSR count). The number of carbonyl (C=O) groups excluding carboxylic acids is 1. The average Bonchev–Trinajstić information content (AvgIpc) is 2.74. The zero-order valence-corrected chi connectivity index (χ0v) is 18.2. The number of hydrogen-bond donors (Lipinski definition) is 3. The van der Waals surface area contributed by atoms with Crippen LogP contribution in [0.15, 0.2) is 35.1 Å². The number of halogens is 4. The summed E-state index contributed by atoms with van der Waals surface area (Å²) < 4.78 is 38.9. The first-order chi connectivity index (χ1) is 15.0. The second kappa shape index (κ2) is 10.9. The van der Waals surface area contributed by atoms with Crippen molar-refractivity contribution in [2.75, 3.05) is 13.2 Å². The van der Waals surface area contributed by atoms with Crippen molar-refractivity contribution < 1.29 is 28.2 Å². The number of nitrogens with zero attached hydrogens (tertiary/aromatic N) is 2. The molecule has 2 aromatic rings. The molecule has 0 fully saturated rings. The van der Waals surface area contributed by atoms with Crippen LogP contribution in [0.2, 0.25) is 5.02 Å². The van der Waals surface area contributed by atoms with E-state index in [2.05, 4.69) is 10.3 Å². The number of amides is 1. The first kappa shape index (κ1) is 25.8. The van der Waals surface area contributed by atoms with Crippen molar-refractivity contribution in [3.05, 3.63) is 51.5 Å². The largest absolute Gasteiger partial charge is 0.394 e. The van der Waals surface area contributed by atoms with Gasteiger partial charge in [-0.3, -0.25) is 14.2 Å². The number of aliphatic hydroxyl groups is 2. The van der Waals surface area contributed by atoms with Gasteiger partial charge in [0.25, 0.3) is 5.56 Å². The summed E-state index contributed by atoms with van der Waals surface area (Å²) in [6.45, 7) is 0.0966. The summed E-state index contributed by atoms with van der Waals surface area (Å²) in [5, 5.41) is 22.0. The number of nitrogens with one attached hydrogen (secondary N) is 1. The SMILES string of the molecule is CCC(CO)(CO)NC(=O)Cn1c(CCCC(F)(F)F)nc(-c2ccc(Cl)cc2)cc1=O. The Morgan fingerprint density at radius 3 is 2.34 bits per heavy atom. The van der Waals surface area contributed by atoms with Crippen LogP contribution in [0.25, 0.3) is 11.3 Å². The van der Waals surface area contributed by atoms with Gasteiger partial charge in [-0.25, -0.2) is 4.98 Å². The summed E-state index contributed by atoms with van der Waals surface area (Å²) in [4.78, 5) is 29.6. The van der Waals surface area contributed by atoms with Gasteiger partial charge in [-0.2, -0.15) is 13.2 Å². The molecule has 1 aromatic heterocycles. The van der Waals surface area contributed by atoms with Gasteiger partial charge in [0.15, 0.2) is 0 Å². The van der Waals surface area contributed by atoms with Gasteiger partial charge in [-0.05, 0) is 25.0 Å². The minimum atomic E-state index is -4.36. The minimum absolute atomic E-state index is 0.0249. The van der Waals surface area contributed by atoms with Gasteiger partial charge >= 0.3 is 6.18 Å². The lowest BCUT2D eigenvalue weighted by molar-refractivity contribution is -0.135. The first-order valence-electron chi connectivity index (χ1n) is 9.98. The summed E-state index contributed by atoms with van der Waals surface area (Å²) in [6.07, 6.45) is -5.68. The molecule has 0 unspecified atom stereocenters. The zero-order valence-electron chi connectivity index (χ0n) is 17.5. The van der Waals surface area contributed by atoms with Crippen LogP contribution in [0.5, 0.6) is 0 Å². The summed E-state index contributed by atoms with van der Waals surface area (Å²) in [6, 6.07) is 7.62. The zero-order chi connectivity index (χ0) is 23.9. The predicted octanol–water partition coefficient (Wildman–Crippen LogP) is 2.70. The van der Waals surface area contributed by atoms with Crippen LogP contribution in [0.3, 0.4) is 0 Å². The van der Waals surface area contributed by atoms with E-state index < -0.39 is 49.4 Å². The van der Waals surface area contributed by atoms with Gasteiger partial charge in [0.2, 0.25) is 5.91 Å². The highest BCUT2D eigenvalue weighted by Gasteiger charge is 2.29. The molecule has 11 heteroatoms. The molecule has 176 valence electrons. The second-order valence-electron chi connectivity index (χ2n) is 7.46. The fourth-order valence-electron chi connectivity index (χ4n) is 3.05. The Morgan fingerprint density at radius 2 is 1.81 bits per heavy atom. The fraction of sp³-hybridized carbons (Fsp3) is 0.476. The Morgan fingerprint density at radius 1 is 1.19 bits per heavy atom. The second-order valence-corrected chi connectivity index (χ2v) is 7.89. The maximum Gasteiger partial charge on any atom is 0.389 e. The van der Waals surface area contributed by atoms with Crippen molar-refractivity contribution in [2.45, 2.75) is 50.9 Å². The molecule has 7 nitrogen and oxygen atoms in total. The minimum Gasteiger partial charge on any atom is -0.394 e. The van der Waals surface area contributed by atoms with E-state index in [4.69, 9.17) is 11.6 Å². The number of rotatable bonds is 10. The molecular weight excluding hydrogens is 451 g/mol. The van der Waals surface area contributed by atoms with Crippen LogP contribution in [0.1, 0.15) is 32.0 Å². The first-order valence-corrected chi connectivity index (χ1v) is 10.4. The Kier molecular flexibility index (Phi) is 8.82. The fourth-order valence-corrected chi connectivity index (χ4v) is 3.18. The Balaban J connectivity index is 2.37. The standard InChI is InChI=1S/C21H25ClF3N3O4/c1-2-20(12-29,13-30)27-18(31)11-28-17(4-3-9-21(23,24)25)26-16(10-19(28)32)14-5-7-15(22)8-6-14/h5-8,10,29-30H,2-4,9,11-13H2,1H3,(H,27,31). The van der Waals surface area contributed by atoms with Crippen LogP contribution in [-0.4, -0.2) is 50.6 Å². The Bertz CT molecular complexity index is 965. The van der Waals surface area contributed by atoms with Crippen molar-refractivity contribution in [1.82, 2.24) is 14.9 Å². The molecular formula is C21H25ClF3N3O4. The highest BCUT2D eigenvalue weighted by atomic mass is 35.5. The lowest BCUT2D eigenvalue weighted by atomic mass is 9.98. The number of aryl methyl sites for hydroxylation is 1. The molecule has 0 bridgehead atoms. The van der Waals surface area contributed by atoms with Crippen molar-refractivity contribution in [3.63, 3.8) is 0 Å². The van der Waals surface area contributed by atoms with E-state index in [1.165, 1.54) is 6.07 Å². The maximum absolute atomic E-state index is 12.8. The van der Waals surface area contributed by atoms with Gasteiger partial charge in [0.1, 0.15) is 12.4 Å². The van der Waals surface area contributed by atoms with Gasteiger partial charge in [0, 0.05) is 29.5 Å². The number of aromatic nitrogens is 2. The molecule has 0 spiro atoms. The number of hydrogen-bond acceptors (Lipinski definition) is 5. The topological polar surface area (TPSA) is 104 Å². The van der Waals surface area contributed by atoms with Crippen LogP contribution in [-0.2, 0) is 17.8 Å². The van der Waals surface area contributed by atoms with E-state index in [1.807, 2.05) is 0 Å². The van der Waals surface area contributed by atoms with Crippen LogP contribution < -0.4 is 10.9 Å². The van der Waals surface area contributed by atoms with Gasteiger partial charge in [-0.1, -0.05) is 30.7 Å². The number of aliphatic hydroxyl groups excluding tert-OH is 2. The highest BCUT2D eigenvalue weighted by Crippen LogP contribution is 2.23. The van der Waals surface area contributed by atoms with Crippen molar-refractivity contribution in [2.24, 2.45) is 0 Å². The van der Waals surface area contributed by atoms with Gasteiger partial charge in [0.05, 0.1) is 24.4 Å². The van der Waals surface area contributed by atoms with Crippen LogP contribution >= 0.6 is 11.6 Å². The monoisotopic (exact) mass is 475 g/mol. The van der Waals surface area contributed by atoms with Gasteiger partial charge in [-0.15, -0.1) is 0 Å². The molecule has 0 radical (unpaired) electrons. The third-order valence-corrected chi connectivity index (χ3v) is 5.33. The third kappa shape index (κ3) is 7.04. The average molecular weight is 476 g/mol. The van der Waals surface area contributed by atoms with Gasteiger partial charge < -0.3 is 15.5 Å². The summed E-state index contributed by atoms with van der Waals surface area (Å²) in [5.74, 6) is -0.660. The van der Waals surface area contributed by atoms with Crippen molar-refractivity contribution >= 4 is 17.5 Å². The summed E-state index contributed by atoms with van der Waals surface area (Å²) in [7, 11) is 0. The highest BCUT2D eigenvalue weighted by molar-refractivity contribution is 6.30. The summed E-state index contributed by atoms with van der Waals surface area (Å²) >= 11 is 5.87. The van der Waals surface area contributed by atoms with Crippen LogP contribution in [0.4, 0.5) is 13.2 Å². The number of carbonyl (C=O) groups is 1. The molecule has 0 atom stereocenters. The molecule has 0 aliphatic heterocycles. The van der Waals surface area contributed by atoms with E-state index in [9.17, 15) is 33.0 Å². The molecule has 0 aliphatic carbocycles.